The van der Waals surface area contributed by atoms with E-state index in [2.05, 4.69) is 5.32 Å². The average molecular weight is 393 g/mol. The minimum atomic E-state index is -3.46. The zero-order valence-electron chi connectivity index (χ0n) is 14.3. The molecule has 5 nitrogen and oxygen atoms in total. The maximum Gasteiger partial charge on any atom is 0.228 e. The van der Waals surface area contributed by atoms with E-state index in [0.29, 0.717) is 30.1 Å². The molecule has 0 saturated carbocycles. The highest BCUT2D eigenvalue weighted by Crippen LogP contribution is 2.25. The van der Waals surface area contributed by atoms with E-state index < -0.39 is 10.0 Å². The van der Waals surface area contributed by atoms with Gasteiger partial charge in [0.25, 0.3) is 0 Å². The Bertz CT molecular complexity index is 871. The Morgan fingerprint density at radius 1 is 1.12 bits per heavy atom. The lowest BCUT2D eigenvalue weighted by molar-refractivity contribution is -0.120. The first-order valence-electron chi connectivity index (χ1n) is 8.53. The van der Waals surface area contributed by atoms with E-state index in [4.69, 9.17) is 11.6 Å². The number of sulfonamides is 1. The van der Waals surface area contributed by atoms with Crippen LogP contribution >= 0.6 is 11.6 Å². The fourth-order valence-corrected chi connectivity index (χ4v) is 4.88. The number of benzene rings is 2. The van der Waals surface area contributed by atoms with E-state index in [1.165, 1.54) is 4.31 Å². The Morgan fingerprint density at radius 2 is 1.81 bits per heavy atom. The molecule has 1 saturated heterocycles. The Labute approximate surface area is 159 Å². The Balaban J connectivity index is 1.67. The Kier molecular flexibility index (Phi) is 5.96. The third-order valence-corrected chi connectivity index (χ3v) is 6.62. The normalized spacial score (nSPS) is 18.4. The van der Waals surface area contributed by atoms with Crippen molar-refractivity contribution >= 4 is 33.2 Å². The van der Waals surface area contributed by atoms with Crippen LogP contribution in [0, 0.1) is 5.92 Å². The molecule has 2 aromatic carbocycles. The van der Waals surface area contributed by atoms with Gasteiger partial charge in [0.15, 0.2) is 0 Å². The highest BCUT2D eigenvalue weighted by atomic mass is 35.5. The van der Waals surface area contributed by atoms with Crippen LogP contribution in [-0.2, 0) is 20.6 Å². The molecule has 1 N–H and O–H groups in total. The smallest absolute Gasteiger partial charge is 0.228 e. The topological polar surface area (TPSA) is 66.5 Å². The van der Waals surface area contributed by atoms with Crippen molar-refractivity contribution in [2.45, 2.75) is 18.6 Å². The zero-order chi connectivity index (χ0) is 18.6. The van der Waals surface area contributed by atoms with Crippen LogP contribution in [0.4, 0.5) is 5.69 Å². The number of anilines is 1. The van der Waals surface area contributed by atoms with Crippen molar-refractivity contribution < 1.29 is 13.2 Å². The third kappa shape index (κ3) is 4.63. The first-order valence-corrected chi connectivity index (χ1v) is 10.5. The van der Waals surface area contributed by atoms with Crippen LogP contribution < -0.4 is 5.32 Å². The first kappa shape index (κ1) is 18.9. The largest absolute Gasteiger partial charge is 0.324 e. The second-order valence-corrected chi connectivity index (χ2v) is 8.78. The third-order valence-electron chi connectivity index (χ3n) is 4.47. The molecular formula is C19H21ClN2O3S. The number of carbonyl (C=O) groups excluding carboxylic acids is 1. The molecule has 1 fully saturated rings. The lowest BCUT2D eigenvalue weighted by Gasteiger charge is -2.31. The SMILES string of the molecule is O=C(Nc1ccccc1Cl)[C@H]1CCCN(S(=O)(=O)Cc2ccccc2)C1. The minimum absolute atomic E-state index is 0.0489. The van der Waals surface area contributed by atoms with Crippen LogP contribution in [0.2, 0.25) is 5.02 Å². The van der Waals surface area contributed by atoms with Crippen molar-refractivity contribution in [3.05, 3.63) is 65.2 Å². The number of hydrogen-bond donors (Lipinski definition) is 1. The molecule has 1 aliphatic rings. The lowest BCUT2D eigenvalue weighted by Crippen LogP contribution is -2.44. The summed E-state index contributed by atoms with van der Waals surface area (Å²) < 4.78 is 26.8. The van der Waals surface area contributed by atoms with Gasteiger partial charge in [-0.05, 0) is 30.5 Å². The summed E-state index contributed by atoms with van der Waals surface area (Å²) in [6.45, 7) is 0.649. The molecule has 0 radical (unpaired) electrons. The summed E-state index contributed by atoms with van der Waals surface area (Å²) in [6, 6.07) is 16.1. The van der Waals surface area contributed by atoms with Gasteiger partial charge in [0, 0.05) is 13.1 Å². The molecule has 0 bridgehead atoms. The van der Waals surface area contributed by atoms with Crippen LogP contribution in [0.3, 0.4) is 0 Å². The van der Waals surface area contributed by atoms with Gasteiger partial charge in [-0.15, -0.1) is 0 Å². The van der Waals surface area contributed by atoms with Crippen LogP contribution in [-0.4, -0.2) is 31.7 Å². The van der Waals surface area contributed by atoms with Crippen molar-refractivity contribution in [2.24, 2.45) is 5.92 Å². The number of carbonyl (C=O) groups is 1. The molecular weight excluding hydrogens is 372 g/mol. The lowest BCUT2D eigenvalue weighted by atomic mass is 9.99. The van der Waals surface area contributed by atoms with Crippen LogP contribution in [0.15, 0.2) is 54.6 Å². The van der Waals surface area contributed by atoms with Crippen molar-refractivity contribution in [1.29, 1.82) is 0 Å². The molecule has 0 spiro atoms. The summed E-state index contributed by atoms with van der Waals surface area (Å²) in [6.07, 6.45) is 1.32. The number of rotatable bonds is 5. The number of amides is 1. The standard InChI is InChI=1S/C19H21ClN2O3S/c20-17-10-4-5-11-18(17)21-19(23)16-9-6-12-22(13-16)26(24,25)14-15-7-2-1-3-8-15/h1-5,7-8,10-11,16H,6,9,12-14H2,(H,21,23)/t16-/m0/s1. The summed E-state index contributed by atoms with van der Waals surface area (Å²) in [4.78, 5) is 12.6. The van der Waals surface area contributed by atoms with Gasteiger partial charge in [-0.3, -0.25) is 4.79 Å². The molecule has 0 unspecified atom stereocenters. The maximum absolute atomic E-state index is 12.7. The predicted octanol–water partition coefficient (Wildman–Crippen LogP) is 3.52. The van der Waals surface area contributed by atoms with Gasteiger partial charge in [0.2, 0.25) is 15.9 Å². The fraction of sp³-hybridized carbons (Fsp3) is 0.316. The Morgan fingerprint density at radius 3 is 2.54 bits per heavy atom. The average Bonchev–Trinajstić information content (AvgIpc) is 2.64. The fourth-order valence-electron chi connectivity index (χ4n) is 3.08. The van der Waals surface area contributed by atoms with Crippen molar-refractivity contribution in [2.75, 3.05) is 18.4 Å². The van der Waals surface area contributed by atoms with E-state index >= 15 is 0 Å². The van der Waals surface area contributed by atoms with Gasteiger partial charge in [-0.2, -0.15) is 0 Å². The zero-order valence-corrected chi connectivity index (χ0v) is 15.8. The highest BCUT2D eigenvalue weighted by molar-refractivity contribution is 7.88. The van der Waals surface area contributed by atoms with Gasteiger partial charge in [-0.25, -0.2) is 12.7 Å². The van der Waals surface area contributed by atoms with Gasteiger partial charge < -0.3 is 5.32 Å². The van der Waals surface area contributed by atoms with Crippen molar-refractivity contribution in [3.8, 4) is 0 Å². The van der Waals surface area contributed by atoms with E-state index in [0.717, 1.165) is 5.56 Å². The summed E-state index contributed by atoms with van der Waals surface area (Å²) in [5.74, 6) is -0.629. The van der Waals surface area contributed by atoms with Gasteiger partial charge in [-0.1, -0.05) is 54.1 Å². The molecule has 3 rings (SSSR count). The Hall–Kier alpha value is -1.89. The summed E-state index contributed by atoms with van der Waals surface area (Å²) in [5.41, 5.74) is 1.29. The van der Waals surface area contributed by atoms with E-state index in [-0.39, 0.29) is 24.1 Å². The summed E-state index contributed by atoms with van der Waals surface area (Å²) >= 11 is 6.08. The van der Waals surface area contributed by atoms with Crippen LogP contribution in [0.1, 0.15) is 18.4 Å². The summed E-state index contributed by atoms with van der Waals surface area (Å²) in [5, 5.41) is 3.27. The molecule has 7 heteroatoms. The molecule has 1 aliphatic heterocycles. The second-order valence-electron chi connectivity index (χ2n) is 6.41. The molecule has 1 amide bonds. The quantitative estimate of drug-likeness (QED) is 0.846. The molecule has 1 heterocycles. The number of halogens is 1. The molecule has 26 heavy (non-hydrogen) atoms. The molecule has 0 aliphatic carbocycles. The predicted molar refractivity (Wildman–Crippen MR) is 103 cm³/mol. The maximum atomic E-state index is 12.7. The molecule has 0 aromatic heterocycles. The van der Waals surface area contributed by atoms with Gasteiger partial charge >= 0.3 is 0 Å². The first-order chi connectivity index (χ1) is 12.5. The number of hydrogen-bond acceptors (Lipinski definition) is 3. The number of nitrogens with zero attached hydrogens (tertiary/aromatic N) is 1. The number of piperidine rings is 1. The van der Waals surface area contributed by atoms with E-state index in [9.17, 15) is 13.2 Å². The molecule has 138 valence electrons. The second kappa shape index (κ2) is 8.20. The summed E-state index contributed by atoms with van der Waals surface area (Å²) in [7, 11) is -3.46. The number of nitrogens with one attached hydrogen (secondary N) is 1. The van der Waals surface area contributed by atoms with Crippen molar-refractivity contribution in [1.82, 2.24) is 4.31 Å². The monoisotopic (exact) mass is 392 g/mol. The minimum Gasteiger partial charge on any atom is -0.324 e. The number of para-hydroxylation sites is 1. The van der Waals surface area contributed by atoms with Gasteiger partial charge in [0.05, 0.1) is 22.4 Å². The van der Waals surface area contributed by atoms with E-state index in [1.54, 1.807) is 36.4 Å². The van der Waals surface area contributed by atoms with E-state index in [1.807, 2.05) is 18.2 Å². The van der Waals surface area contributed by atoms with Crippen LogP contribution in [0.5, 0.6) is 0 Å². The van der Waals surface area contributed by atoms with Crippen molar-refractivity contribution in [3.63, 3.8) is 0 Å². The van der Waals surface area contributed by atoms with Gasteiger partial charge in [0.1, 0.15) is 0 Å². The molecule has 2 aromatic rings. The van der Waals surface area contributed by atoms with Crippen LogP contribution in [0.25, 0.3) is 0 Å². The highest BCUT2D eigenvalue weighted by Gasteiger charge is 2.32. The molecule has 1 atom stereocenters.